The average Bonchev–Trinajstić information content (AvgIpc) is 3.76. The van der Waals surface area contributed by atoms with Crippen LogP contribution in [0.2, 0.25) is 0 Å². The van der Waals surface area contributed by atoms with E-state index in [4.69, 9.17) is 18.9 Å². The Morgan fingerprint density at radius 3 is 2.34 bits per heavy atom. The van der Waals surface area contributed by atoms with Gasteiger partial charge in [-0.05, 0) is 52.7 Å². The standard InChI is InChI=1S/C43H58N2O13/c1-20-13-11-16-42(8,54)39(51)24(5)34(48)22(3)37(57-26(7)47)21(2)30(55-10)15-18-56-43(9)40(52)33-31-29(45-17-12-14-28(45)25(6)46)19-27(44-41(20)53)36(50)32(31)35(49)23(4)38(33)58-43/h11,13,15-16,18-19,21-22,24-25,28,30,34,37,39,46,48-51,54H,12,14,17H2,1-10H3,(H,44,53)/t21-,22-,24+,25+,28-,30+,34+,37-,39-,42+,43+/m1/s1. The van der Waals surface area contributed by atoms with Gasteiger partial charge in [-0.2, -0.15) is 0 Å². The number of anilines is 2. The number of esters is 1. The van der Waals surface area contributed by atoms with Crippen molar-refractivity contribution in [2.24, 2.45) is 17.8 Å². The molecule has 0 unspecified atom stereocenters. The lowest BCUT2D eigenvalue weighted by molar-refractivity contribution is -0.162. The summed E-state index contributed by atoms with van der Waals surface area (Å²) in [6.07, 6.45) is 2.66. The van der Waals surface area contributed by atoms with Crippen LogP contribution in [-0.2, 0) is 23.8 Å². The van der Waals surface area contributed by atoms with Gasteiger partial charge in [0.15, 0.2) is 5.75 Å². The number of ether oxygens (including phenoxy) is 4. The number of hydrogen-bond acceptors (Lipinski definition) is 14. The third kappa shape index (κ3) is 8.15. The van der Waals surface area contributed by atoms with Crippen molar-refractivity contribution >= 4 is 39.8 Å². The molecule has 2 aromatic carbocycles. The minimum atomic E-state index is -1.98. The quantitative estimate of drug-likeness (QED) is 0.167. The zero-order valence-electron chi connectivity index (χ0n) is 34.8. The molecule has 58 heavy (non-hydrogen) atoms. The van der Waals surface area contributed by atoms with Crippen LogP contribution in [0, 0.1) is 24.7 Å². The minimum Gasteiger partial charge on any atom is -0.507 e. The molecule has 15 nitrogen and oxygen atoms in total. The largest absolute Gasteiger partial charge is 0.507 e. The molecule has 0 spiro atoms. The van der Waals surface area contributed by atoms with Gasteiger partial charge in [-0.15, -0.1) is 0 Å². The van der Waals surface area contributed by atoms with Crippen LogP contribution in [0.1, 0.15) is 84.2 Å². The van der Waals surface area contributed by atoms with Gasteiger partial charge in [0.25, 0.3) is 11.7 Å². The highest BCUT2D eigenvalue weighted by molar-refractivity contribution is 6.23. The number of carbonyl (C=O) groups excluding carboxylic acids is 3. The number of carbonyl (C=O) groups is 3. The van der Waals surface area contributed by atoms with Crippen LogP contribution in [-0.4, -0.2) is 110 Å². The second kappa shape index (κ2) is 16.9. The van der Waals surface area contributed by atoms with E-state index < -0.39 is 94.9 Å². The highest BCUT2D eigenvalue weighted by Gasteiger charge is 2.50. The maximum absolute atomic E-state index is 14.6. The lowest BCUT2D eigenvalue weighted by Gasteiger charge is -2.39. The molecular formula is C43H58N2O13. The van der Waals surface area contributed by atoms with E-state index in [0.29, 0.717) is 25.1 Å². The molecule has 2 aromatic rings. The van der Waals surface area contributed by atoms with E-state index in [1.807, 2.05) is 4.90 Å². The minimum absolute atomic E-state index is 0.0220. The van der Waals surface area contributed by atoms with Crippen LogP contribution >= 0.6 is 0 Å². The van der Waals surface area contributed by atoms with Gasteiger partial charge in [-0.25, -0.2) is 0 Å². The van der Waals surface area contributed by atoms with E-state index in [2.05, 4.69) is 5.32 Å². The van der Waals surface area contributed by atoms with Gasteiger partial charge >= 0.3 is 11.8 Å². The molecule has 4 aliphatic rings. The van der Waals surface area contributed by atoms with Crippen molar-refractivity contribution in [3.8, 4) is 17.2 Å². The van der Waals surface area contributed by atoms with E-state index in [1.54, 1.807) is 27.7 Å². The van der Waals surface area contributed by atoms with Crippen molar-refractivity contribution in [2.75, 3.05) is 23.9 Å². The fraction of sp³-hybridized carbons (Fsp3) is 0.558. The van der Waals surface area contributed by atoms with Crippen molar-refractivity contribution in [1.82, 2.24) is 0 Å². The first-order valence-electron chi connectivity index (χ1n) is 19.6. The number of amides is 1. The van der Waals surface area contributed by atoms with Crippen LogP contribution in [0.5, 0.6) is 17.2 Å². The molecule has 0 aliphatic carbocycles. The summed E-state index contributed by atoms with van der Waals surface area (Å²) in [5, 5.41) is 71.3. The third-order valence-electron chi connectivity index (χ3n) is 12.0. The number of phenols is 2. The highest BCUT2D eigenvalue weighted by atomic mass is 16.7. The number of nitrogens with one attached hydrogen (secondary N) is 1. The Morgan fingerprint density at radius 1 is 1.05 bits per heavy atom. The number of phenolic OH excluding ortho intramolecular Hbond substituents is 2. The average molecular weight is 811 g/mol. The molecule has 1 fully saturated rings. The van der Waals surface area contributed by atoms with Crippen LogP contribution in [0.3, 0.4) is 0 Å². The number of aliphatic hydroxyl groups excluding tert-OH is 3. The molecule has 15 heteroatoms. The van der Waals surface area contributed by atoms with Crippen molar-refractivity contribution in [3.63, 3.8) is 0 Å². The van der Waals surface area contributed by atoms with Crippen molar-refractivity contribution < 1.29 is 64.0 Å². The Bertz CT molecular complexity index is 2020. The maximum atomic E-state index is 14.6. The summed E-state index contributed by atoms with van der Waals surface area (Å²) in [5.41, 5.74) is -1.35. The molecule has 0 radical (unpaired) electrons. The Hall–Kier alpha value is -4.67. The summed E-state index contributed by atoms with van der Waals surface area (Å²) >= 11 is 0. The van der Waals surface area contributed by atoms with Gasteiger partial charge in [-0.1, -0.05) is 39.0 Å². The molecule has 11 atom stereocenters. The SMILES string of the molecule is CO[C@H]1C=CO[C@@]2(C)Oc3c(C)c(O)c4c(O)c(cc(N5CCC[C@@H]5[C@H](C)O)c4c3C2=O)NC(=O)C(C)=CC=C[C@](C)(O)[C@H](O)[C@@H](C)[C@@H](O)[C@@H](C)[C@H](OC(C)=O)[C@@H]1C. The number of allylic oxidation sites excluding steroid dienone is 2. The van der Waals surface area contributed by atoms with Crippen LogP contribution in [0.4, 0.5) is 11.4 Å². The molecule has 318 valence electrons. The van der Waals surface area contributed by atoms with E-state index in [0.717, 1.165) is 0 Å². The van der Waals surface area contributed by atoms with Crippen molar-refractivity contribution in [3.05, 3.63) is 53.3 Å². The molecule has 1 saturated heterocycles. The molecule has 5 bridgehead atoms. The summed E-state index contributed by atoms with van der Waals surface area (Å²) in [6, 6.07) is 1.09. The Balaban J connectivity index is 1.73. The number of hydrogen-bond donors (Lipinski definition) is 7. The smallest absolute Gasteiger partial charge is 0.312 e. The lowest BCUT2D eigenvalue weighted by atomic mass is 9.77. The Labute approximate surface area is 338 Å². The van der Waals surface area contributed by atoms with Gasteiger partial charge in [0.05, 0.1) is 53.4 Å². The first-order chi connectivity index (χ1) is 27.1. The lowest BCUT2D eigenvalue weighted by Crippen LogP contribution is -2.50. The second-order valence-corrected chi connectivity index (χ2v) is 16.4. The van der Waals surface area contributed by atoms with Gasteiger partial charge in [0, 0.05) is 67.5 Å². The molecule has 4 aliphatic heterocycles. The molecule has 4 heterocycles. The number of benzene rings is 2. The zero-order valence-corrected chi connectivity index (χ0v) is 34.8. The Morgan fingerprint density at radius 2 is 1.72 bits per heavy atom. The topological polar surface area (TPSA) is 225 Å². The van der Waals surface area contributed by atoms with Gasteiger partial charge in [-0.3, -0.25) is 14.4 Å². The maximum Gasteiger partial charge on any atom is 0.312 e. The van der Waals surface area contributed by atoms with Crippen LogP contribution in [0.15, 0.2) is 42.2 Å². The number of aliphatic hydroxyl groups is 4. The van der Waals surface area contributed by atoms with Crippen LogP contribution < -0.4 is 15.0 Å². The number of nitrogens with zero attached hydrogens (tertiary/aromatic N) is 1. The fourth-order valence-corrected chi connectivity index (χ4v) is 8.50. The Kier molecular flexibility index (Phi) is 12.9. The number of methoxy groups -OCH3 is 1. The first kappa shape index (κ1) is 44.4. The van der Waals surface area contributed by atoms with E-state index in [9.17, 15) is 45.0 Å². The number of rotatable bonds is 4. The highest BCUT2D eigenvalue weighted by Crippen LogP contribution is 2.54. The summed E-state index contributed by atoms with van der Waals surface area (Å²) in [4.78, 5) is 42.5. The normalized spacial score (nSPS) is 32.9. The van der Waals surface area contributed by atoms with Gasteiger partial charge < -0.3 is 59.8 Å². The summed E-state index contributed by atoms with van der Waals surface area (Å²) in [6.45, 7) is 14.0. The zero-order chi connectivity index (χ0) is 43.2. The second-order valence-electron chi connectivity index (χ2n) is 16.4. The third-order valence-corrected chi connectivity index (χ3v) is 12.0. The van der Waals surface area contributed by atoms with Gasteiger partial charge in [0.1, 0.15) is 23.2 Å². The van der Waals surface area contributed by atoms with E-state index in [1.165, 1.54) is 78.4 Å². The molecule has 7 N–H and O–H groups in total. The molecule has 0 aromatic heterocycles. The molecular weight excluding hydrogens is 752 g/mol. The molecule has 6 rings (SSSR count). The summed E-state index contributed by atoms with van der Waals surface area (Å²) < 4.78 is 23.8. The summed E-state index contributed by atoms with van der Waals surface area (Å²) in [7, 11) is 1.43. The fourth-order valence-electron chi connectivity index (χ4n) is 8.50. The predicted octanol–water partition coefficient (Wildman–Crippen LogP) is 4.51. The first-order valence-corrected chi connectivity index (χ1v) is 19.6. The van der Waals surface area contributed by atoms with Gasteiger partial charge in [0.2, 0.25) is 0 Å². The predicted molar refractivity (Wildman–Crippen MR) is 216 cm³/mol. The van der Waals surface area contributed by atoms with E-state index >= 15 is 0 Å². The number of fused-ring (bicyclic) bond motifs is 14. The van der Waals surface area contributed by atoms with E-state index in [-0.39, 0.29) is 38.9 Å². The number of Topliss-reactive ketones (excluding diaryl/α,β-unsaturated/α-hetero) is 1. The number of aromatic hydroxyl groups is 2. The van der Waals surface area contributed by atoms with Crippen LogP contribution in [0.25, 0.3) is 10.8 Å². The van der Waals surface area contributed by atoms with Crippen molar-refractivity contribution in [2.45, 2.75) is 123 Å². The number of ketones is 1. The summed E-state index contributed by atoms with van der Waals surface area (Å²) in [5.74, 6) is -7.18. The monoisotopic (exact) mass is 810 g/mol. The molecule has 1 amide bonds. The van der Waals surface area contributed by atoms with Crippen molar-refractivity contribution in [1.29, 1.82) is 0 Å². The molecule has 0 saturated carbocycles.